The molecule has 0 aromatic heterocycles. The molecule has 0 amide bonds. The molecule has 4 heteroatoms. The Labute approximate surface area is 112 Å². The molecule has 19 heavy (non-hydrogen) atoms. The molecule has 0 bridgehead atoms. The van der Waals surface area contributed by atoms with Gasteiger partial charge in [-0.25, -0.2) is 4.39 Å². The number of para-hydroxylation sites is 2. The van der Waals surface area contributed by atoms with Crippen molar-refractivity contribution < 1.29 is 9.13 Å². The number of nitrogens with zero attached hydrogens (tertiary/aromatic N) is 1. The minimum absolute atomic E-state index is 0.280. The second-order valence-electron chi connectivity index (χ2n) is 4.37. The highest BCUT2D eigenvalue weighted by atomic mass is 19.1. The van der Waals surface area contributed by atoms with Crippen LogP contribution in [0.5, 0.6) is 5.75 Å². The van der Waals surface area contributed by atoms with Crippen molar-refractivity contribution in [2.75, 3.05) is 24.8 Å². The quantitative estimate of drug-likeness (QED) is 0.859. The number of hydrogen-bond acceptors (Lipinski definition) is 3. The van der Waals surface area contributed by atoms with Gasteiger partial charge in [0.2, 0.25) is 0 Å². The van der Waals surface area contributed by atoms with Gasteiger partial charge in [0.05, 0.1) is 12.8 Å². The van der Waals surface area contributed by atoms with Crippen LogP contribution in [0.1, 0.15) is 5.56 Å². The summed E-state index contributed by atoms with van der Waals surface area (Å²) in [5, 5.41) is 0. The molecule has 2 N–H and O–H groups in total. The van der Waals surface area contributed by atoms with E-state index in [1.54, 1.807) is 13.2 Å². The normalized spacial score (nSPS) is 10.3. The van der Waals surface area contributed by atoms with Crippen LogP contribution in [0.3, 0.4) is 0 Å². The third-order valence-corrected chi connectivity index (χ3v) is 3.01. The molecule has 0 radical (unpaired) electrons. The molecule has 2 aromatic rings. The Hall–Kier alpha value is -2.23. The molecule has 2 aromatic carbocycles. The number of nitrogens with two attached hydrogens (primary N) is 1. The average Bonchev–Trinajstić information content (AvgIpc) is 2.42. The van der Waals surface area contributed by atoms with Crippen molar-refractivity contribution in [2.24, 2.45) is 0 Å². The molecule has 0 aliphatic rings. The second-order valence-corrected chi connectivity index (χ2v) is 4.37. The SMILES string of the molecule is COc1ccccc1N(C)Cc1cc(F)ccc1N. The molecule has 2 rings (SSSR count). The first-order valence-electron chi connectivity index (χ1n) is 6.00. The van der Waals surface area contributed by atoms with Gasteiger partial charge in [0.1, 0.15) is 11.6 Å². The van der Waals surface area contributed by atoms with E-state index in [-0.39, 0.29) is 5.82 Å². The van der Waals surface area contributed by atoms with Crippen molar-refractivity contribution in [3.05, 3.63) is 53.8 Å². The van der Waals surface area contributed by atoms with Gasteiger partial charge in [-0.3, -0.25) is 0 Å². The van der Waals surface area contributed by atoms with Crippen molar-refractivity contribution in [1.82, 2.24) is 0 Å². The topological polar surface area (TPSA) is 38.5 Å². The minimum atomic E-state index is -0.280. The maximum absolute atomic E-state index is 13.2. The Morgan fingerprint density at radius 3 is 2.68 bits per heavy atom. The van der Waals surface area contributed by atoms with Gasteiger partial charge in [-0.1, -0.05) is 12.1 Å². The summed E-state index contributed by atoms with van der Waals surface area (Å²) in [4.78, 5) is 1.98. The third kappa shape index (κ3) is 2.96. The van der Waals surface area contributed by atoms with E-state index in [0.29, 0.717) is 12.2 Å². The Balaban J connectivity index is 2.25. The van der Waals surface area contributed by atoms with Crippen molar-refractivity contribution in [1.29, 1.82) is 0 Å². The standard InChI is InChI=1S/C15H17FN2O/c1-18(14-5-3-4-6-15(14)19-2)10-11-9-12(16)7-8-13(11)17/h3-9H,10,17H2,1-2H3. The molecule has 0 unspecified atom stereocenters. The van der Waals surface area contributed by atoms with Crippen LogP contribution in [0.15, 0.2) is 42.5 Å². The number of halogens is 1. The average molecular weight is 260 g/mol. The van der Waals surface area contributed by atoms with Gasteiger partial charge in [-0.2, -0.15) is 0 Å². The zero-order valence-electron chi connectivity index (χ0n) is 11.1. The Morgan fingerprint density at radius 2 is 1.95 bits per heavy atom. The van der Waals surface area contributed by atoms with Gasteiger partial charge in [0.25, 0.3) is 0 Å². The van der Waals surface area contributed by atoms with Crippen LogP contribution in [0.4, 0.5) is 15.8 Å². The summed E-state index contributed by atoms with van der Waals surface area (Å²) in [6.45, 7) is 0.518. The summed E-state index contributed by atoms with van der Waals surface area (Å²) in [5.41, 5.74) is 8.14. The van der Waals surface area contributed by atoms with E-state index in [0.717, 1.165) is 17.0 Å². The molecule has 0 spiro atoms. The molecule has 0 saturated heterocycles. The van der Waals surface area contributed by atoms with Crippen LogP contribution in [-0.2, 0) is 6.54 Å². The molecule has 3 nitrogen and oxygen atoms in total. The lowest BCUT2D eigenvalue weighted by Crippen LogP contribution is -2.18. The van der Waals surface area contributed by atoms with Gasteiger partial charge in [-0.05, 0) is 35.9 Å². The summed E-state index contributed by atoms with van der Waals surface area (Å²) in [5.74, 6) is 0.498. The van der Waals surface area contributed by atoms with Gasteiger partial charge in [-0.15, -0.1) is 0 Å². The highest BCUT2D eigenvalue weighted by molar-refractivity contribution is 5.59. The highest BCUT2D eigenvalue weighted by Gasteiger charge is 2.10. The number of benzene rings is 2. The number of methoxy groups -OCH3 is 1. The van der Waals surface area contributed by atoms with Gasteiger partial charge in [0.15, 0.2) is 0 Å². The van der Waals surface area contributed by atoms with E-state index in [1.807, 2.05) is 36.2 Å². The zero-order chi connectivity index (χ0) is 13.8. The molecule has 0 heterocycles. The molecule has 100 valence electrons. The summed E-state index contributed by atoms with van der Waals surface area (Å²) < 4.78 is 18.6. The third-order valence-electron chi connectivity index (χ3n) is 3.01. The van der Waals surface area contributed by atoms with E-state index >= 15 is 0 Å². The van der Waals surface area contributed by atoms with Crippen LogP contribution in [0.2, 0.25) is 0 Å². The first kappa shape index (κ1) is 13.2. The van der Waals surface area contributed by atoms with Crippen molar-refractivity contribution in [2.45, 2.75) is 6.54 Å². The molecule has 0 fully saturated rings. The number of hydrogen-bond donors (Lipinski definition) is 1. The minimum Gasteiger partial charge on any atom is -0.495 e. The fourth-order valence-corrected chi connectivity index (χ4v) is 2.00. The molecule has 0 aliphatic carbocycles. The maximum Gasteiger partial charge on any atom is 0.142 e. The first-order chi connectivity index (χ1) is 9.11. The number of rotatable bonds is 4. The number of nitrogen functional groups attached to an aromatic ring is 1. The van der Waals surface area contributed by atoms with Crippen LogP contribution < -0.4 is 15.4 Å². The Kier molecular flexibility index (Phi) is 3.90. The molecule has 0 atom stereocenters. The van der Waals surface area contributed by atoms with Crippen LogP contribution >= 0.6 is 0 Å². The Morgan fingerprint density at radius 1 is 1.21 bits per heavy atom. The largest absolute Gasteiger partial charge is 0.495 e. The highest BCUT2D eigenvalue weighted by Crippen LogP contribution is 2.28. The Bertz CT molecular complexity index is 572. The van der Waals surface area contributed by atoms with E-state index < -0.39 is 0 Å². The maximum atomic E-state index is 13.2. The van der Waals surface area contributed by atoms with E-state index in [2.05, 4.69) is 0 Å². The molecule has 0 aliphatic heterocycles. The summed E-state index contributed by atoms with van der Waals surface area (Å²) >= 11 is 0. The van der Waals surface area contributed by atoms with Crippen molar-refractivity contribution in [3.8, 4) is 5.75 Å². The molecular weight excluding hydrogens is 243 g/mol. The molecular formula is C15H17FN2O. The van der Waals surface area contributed by atoms with Crippen molar-refractivity contribution >= 4 is 11.4 Å². The summed E-state index contributed by atoms with van der Waals surface area (Å²) in [6, 6.07) is 12.1. The fraction of sp³-hybridized carbons (Fsp3) is 0.200. The zero-order valence-corrected chi connectivity index (χ0v) is 11.1. The lowest BCUT2D eigenvalue weighted by atomic mass is 10.1. The summed E-state index contributed by atoms with van der Waals surface area (Å²) in [7, 11) is 3.55. The van der Waals surface area contributed by atoms with E-state index in [4.69, 9.17) is 10.5 Å². The molecule has 0 saturated carbocycles. The fourth-order valence-electron chi connectivity index (χ4n) is 2.00. The van der Waals surface area contributed by atoms with Gasteiger partial charge >= 0.3 is 0 Å². The van der Waals surface area contributed by atoms with Gasteiger partial charge in [0, 0.05) is 19.3 Å². The van der Waals surface area contributed by atoms with Crippen LogP contribution in [0.25, 0.3) is 0 Å². The van der Waals surface area contributed by atoms with Crippen molar-refractivity contribution in [3.63, 3.8) is 0 Å². The van der Waals surface area contributed by atoms with E-state index in [1.165, 1.54) is 12.1 Å². The number of ether oxygens (including phenoxy) is 1. The smallest absolute Gasteiger partial charge is 0.142 e. The van der Waals surface area contributed by atoms with Crippen LogP contribution in [0, 0.1) is 5.82 Å². The monoisotopic (exact) mass is 260 g/mol. The number of anilines is 2. The predicted molar refractivity (Wildman–Crippen MR) is 75.9 cm³/mol. The predicted octanol–water partition coefficient (Wildman–Crippen LogP) is 3.05. The summed E-state index contributed by atoms with van der Waals surface area (Å²) in [6.07, 6.45) is 0. The lowest BCUT2D eigenvalue weighted by molar-refractivity contribution is 0.415. The van der Waals surface area contributed by atoms with Crippen LogP contribution in [-0.4, -0.2) is 14.2 Å². The first-order valence-corrected chi connectivity index (χ1v) is 6.00. The van der Waals surface area contributed by atoms with E-state index in [9.17, 15) is 4.39 Å². The lowest BCUT2D eigenvalue weighted by Gasteiger charge is -2.22. The second kappa shape index (κ2) is 5.61. The van der Waals surface area contributed by atoms with Gasteiger partial charge < -0.3 is 15.4 Å².